The van der Waals surface area contributed by atoms with Crippen LogP contribution in [0.4, 0.5) is 11.4 Å². The molecule has 0 aromatic heterocycles. The standard InChI is InChI=1S/C17H19BrN2O/c1-3-17(13-7-9-14(18)10-8-13)20-16-6-4-5-15(11-16)19-12(2)21/h4-11,17,20H,3H2,1-2H3,(H,19,21). The van der Waals surface area contributed by atoms with Gasteiger partial charge < -0.3 is 10.6 Å². The van der Waals surface area contributed by atoms with Crippen LogP contribution in [0.1, 0.15) is 31.9 Å². The van der Waals surface area contributed by atoms with Crippen LogP contribution in [0.5, 0.6) is 0 Å². The molecule has 0 aliphatic rings. The first-order valence-electron chi connectivity index (χ1n) is 6.98. The van der Waals surface area contributed by atoms with E-state index in [-0.39, 0.29) is 11.9 Å². The highest BCUT2D eigenvalue weighted by atomic mass is 79.9. The molecular formula is C17H19BrN2O. The molecule has 0 saturated carbocycles. The zero-order valence-corrected chi connectivity index (χ0v) is 13.8. The molecule has 2 N–H and O–H groups in total. The molecule has 0 radical (unpaired) electrons. The van der Waals surface area contributed by atoms with E-state index in [1.165, 1.54) is 12.5 Å². The SMILES string of the molecule is CCC(Nc1cccc(NC(C)=O)c1)c1ccc(Br)cc1. The zero-order chi connectivity index (χ0) is 15.2. The molecule has 0 spiro atoms. The van der Waals surface area contributed by atoms with Crippen LogP contribution in [0.2, 0.25) is 0 Å². The fourth-order valence-electron chi connectivity index (χ4n) is 2.21. The number of amides is 1. The van der Waals surface area contributed by atoms with Gasteiger partial charge in [0.05, 0.1) is 6.04 Å². The Morgan fingerprint density at radius 1 is 1.14 bits per heavy atom. The molecule has 3 nitrogen and oxygen atoms in total. The van der Waals surface area contributed by atoms with Crippen molar-refractivity contribution in [3.05, 3.63) is 58.6 Å². The van der Waals surface area contributed by atoms with Crippen LogP contribution in [-0.2, 0) is 4.79 Å². The maximum Gasteiger partial charge on any atom is 0.221 e. The number of hydrogen-bond donors (Lipinski definition) is 2. The van der Waals surface area contributed by atoms with E-state index in [0.717, 1.165) is 22.3 Å². The van der Waals surface area contributed by atoms with Crippen molar-refractivity contribution in [3.63, 3.8) is 0 Å². The molecule has 2 aromatic rings. The average Bonchev–Trinajstić information content (AvgIpc) is 2.45. The normalized spacial score (nSPS) is 11.8. The van der Waals surface area contributed by atoms with Gasteiger partial charge in [0.2, 0.25) is 5.91 Å². The maximum absolute atomic E-state index is 11.1. The van der Waals surface area contributed by atoms with Gasteiger partial charge in [0.15, 0.2) is 0 Å². The Morgan fingerprint density at radius 2 is 1.81 bits per heavy atom. The Balaban J connectivity index is 2.14. The number of halogens is 1. The van der Waals surface area contributed by atoms with E-state index in [4.69, 9.17) is 0 Å². The summed E-state index contributed by atoms with van der Waals surface area (Å²) < 4.78 is 1.08. The first-order chi connectivity index (χ1) is 10.1. The predicted molar refractivity (Wildman–Crippen MR) is 91.5 cm³/mol. The summed E-state index contributed by atoms with van der Waals surface area (Å²) in [4.78, 5) is 11.1. The highest BCUT2D eigenvalue weighted by molar-refractivity contribution is 9.10. The van der Waals surface area contributed by atoms with Crippen LogP contribution in [0.3, 0.4) is 0 Å². The Morgan fingerprint density at radius 3 is 2.43 bits per heavy atom. The first-order valence-corrected chi connectivity index (χ1v) is 7.77. The molecule has 4 heteroatoms. The van der Waals surface area contributed by atoms with Crippen LogP contribution in [0.25, 0.3) is 0 Å². The van der Waals surface area contributed by atoms with Crippen molar-refractivity contribution < 1.29 is 4.79 Å². The summed E-state index contributed by atoms with van der Waals surface area (Å²) in [5, 5.41) is 6.31. The number of anilines is 2. The van der Waals surface area contributed by atoms with Gasteiger partial charge in [-0.15, -0.1) is 0 Å². The summed E-state index contributed by atoms with van der Waals surface area (Å²) in [5.41, 5.74) is 3.04. The van der Waals surface area contributed by atoms with Crippen molar-refractivity contribution in [1.82, 2.24) is 0 Å². The molecule has 0 aliphatic heterocycles. The van der Waals surface area contributed by atoms with E-state index in [0.29, 0.717) is 0 Å². The van der Waals surface area contributed by atoms with E-state index in [9.17, 15) is 4.79 Å². The molecule has 110 valence electrons. The van der Waals surface area contributed by atoms with E-state index in [1.54, 1.807) is 0 Å². The van der Waals surface area contributed by atoms with Crippen LogP contribution in [-0.4, -0.2) is 5.91 Å². The second-order valence-electron chi connectivity index (χ2n) is 4.92. The topological polar surface area (TPSA) is 41.1 Å². The van der Waals surface area contributed by atoms with E-state index >= 15 is 0 Å². The molecule has 0 bridgehead atoms. The van der Waals surface area contributed by atoms with Crippen LogP contribution < -0.4 is 10.6 Å². The monoisotopic (exact) mass is 346 g/mol. The molecule has 1 atom stereocenters. The van der Waals surface area contributed by atoms with Gasteiger partial charge in [0, 0.05) is 22.8 Å². The van der Waals surface area contributed by atoms with Crippen molar-refractivity contribution in [1.29, 1.82) is 0 Å². The third-order valence-corrected chi connectivity index (χ3v) is 3.73. The largest absolute Gasteiger partial charge is 0.378 e. The van der Waals surface area contributed by atoms with Gasteiger partial charge in [0.1, 0.15) is 0 Å². The number of carbonyl (C=O) groups excluding carboxylic acids is 1. The first kappa shape index (κ1) is 15.6. The van der Waals surface area contributed by atoms with E-state index in [1.807, 2.05) is 36.4 Å². The van der Waals surface area contributed by atoms with E-state index < -0.39 is 0 Å². The molecule has 1 amide bonds. The van der Waals surface area contributed by atoms with Gasteiger partial charge in [-0.25, -0.2) is 0 Å². The number of benzene rings is 2. The highest BCUT2D eigenvalue weighted by Crippen LogP contribution is 2.25. The van der Waals surface area contributed by atoms with Gasteiger partial charge >= 0.3 is 0 Å². The third-order valence-electron chi connectivity index (χ3n) is 3.20. The maximum atomic E-state index is 11.1. The minimum atomic E-state index is -0.0629. The van der Waals surface area contributed by atoms with Gasteiger partial charge in [-0.05, 0) is 42.3 Å². The Bertz CT molecular complexity index is 610. The van der Waals surface area contributed by atoms with Crippen LogP contribution in [0, 0.1) is 0 Å². The van der Waals surface area contributed by atoms with Crippen molar-refractivity contribution in [2.75, 3.05) is 10.6 Å². The minimum absolute atomic E-state index is 0.0629. The predicted octanol–water partition coefficient (Wildman–Crippen LogP) is 4.97. The highest BCUT2D eigenvalue weighted by Gasteiger charge is 2.09. The summed E-state index contributed by atoms with van der Waals surface area (Å²) in [5.74, 6) is -0.0629. The molecule has 1 unspecified atom stereocenters. The van der Waals surface area contributed by atoms with Gasteiger partial charge in [-0.2, -0.15) is 0 Å². The molecule has 2 aromatic carbocycles. The Kier molecular flexibility index (Phi) is 5.39. The number of carbonyl (C=O) groups is 1. The minimum Gasteiger partial charge on any atom is -0.378 e. The van der Waals surface area contributed by atoms with Crippen molar-refractivity contribution >= 4 is 33.2 Å². The summed E-state index contributed by atoms with van der Waals surface area (Å²) in [6.07, 6.45) is 0.978. The lowest BCUT2D eigenvalue weighted by Crippen LogP contribution is -2.10. The second kappa shape index (κ2) is 7.27. The molecule has 0 aliphatic carbocycles. The van der Waals surface area contributed by atoms with E-state index in [2.05, 4.69) is 45.6 Å². The van der Waals surface area contributed by atoms with Gasteiger partial charge in [0.25, 0.3) is 0 Å². The van der Waals surface area contributed by atoms with Crippen LogP contribution >= 0.6 is 15.9 Å². The average molecular weight is 347 g/mol. The van der Waals surface area contributed by atoms with Crippen molar-refractivity contribution in [2.24, 2.45) is 0 Å². The summed E-state index contributed by atoms with van der Waals surface area (Å²) in [6, 6.07) is 16.3. The summed E-state index contributed by atoms with van der Waals surface area (Å²) >= 11 is 3.46. The number of rotatable bonds is 5. The smallest absolute Gasteiger partial charge is 0.221 e. The summed E-state index contributed by atoms with van der Waals surface area (Å²) in [6.45, 7) is 3.66. The number of hydrogen-bond acceptors (Lipinski definition) is 2. The van der Waals surface area contributed by atoms with Crippen LogP contribution in [0.15, 0.2) is 53.0 Å². The third kappa shape index (κ3) is 4.60. The van der Waals surface area contributed by atoms with Crippen molar-refractivity contribution in [3.8, 4) is 0 Å². The molecular weight excluding hydrogens is 328 g/mol. The Hall–Kier alpha value is -1.81. The van der Waals surface area contributed by atoms with Crippen molar-refractivity contribution in [2.45, 2.75) is 26.3 Å². The molecule has 0 heterocycles. The molecule has 2 rings (SSSR count). The fraction of sp³-hybridized carbons (Fsp3) is 0.235. The van der Waals surface area contributed by atoms with Gasteiger partial charge in [-0.1, -0.05) is 41.1 Å². The molecule has 21 heavy (non-hydrogen) atoms. The lowest BCUT2D eigenvalue weighted by Gasteiger charge is -2.19. The Labute approximate surface area is 133 Å². The fourth-order valence-corrected chi connectivity index (χ4v) is 2.47. The quantitative estimate of drug-likeness (QED) is 0.802. The zero-order valence-electron chi connectivity index (χ0n) is 12.2. The summed E-state index contributed by atoms with van der Waals surface area (Å²) in [7, 11) is 0. The lowest BCUT2D eigenvalue weighted by molar-refractivity contribution is -0.114. The second-order valence-corrected chi connectivity index (χ2v) is 5.83. The molecule has 0 saturated heterocycles. The molecule has 0 fully saturated rings. The number of nitrogens with one attached hydrogen (secondary N) is 2. The lowest BCUT2D eigenvalue weighted by atomic mass is 10.0. The van der Waals surface area contributed by atoms with Gasteiger partial charge in [-0.3, -0.25) is 4.79 Å².